The SMILES string of the molecule is CC/C=C/C(=O)NC(CCO)C[C@H](O)[C@H](Cc1cc(F)cc(F)c1)NC(C)=O. The quantitative estimate of drug-likeness (QED) is 0.426. The molecule has 0 spiro atoms. The molecule has 1 rings (SSSR count). The molecular formula is C20H28F2N2O4. The van der Waals surface area contributed by atoms with Crippen molar-refractivity contribution in [1.29, 1.82) is 0 Å². The Morgan fingerprint density at radius 2 is 1.82 bits per heavy atom. The van der Waals surface area contributed by atoms with E-state index in [1.54, 1.807) is 6.08 Å². The van der Waals surface area contributed by atoms with Crippen molar-refractivity contribution in [2.24, 2.45) is 0 Å². The summed E-state index contributed by atoms with van der Waals surface area (Å²) in [4.78, 5) is 23.4. The molecule has 4 N–H and O–H groups in total. The molecule has 0 aliphatic rings. The van der Waals surface area contributed by atoms with Gasteiger partial charge in [-0.15, -0.1) is 0 Å². The number of allylic oxidation sites excluding steroid dienone is 1. The van der Waals surface area contributed by atoms with Crippen molar-refractivity contribution < 1.29 is 28.6 Å². The molecule has 0 aromatic heterocycles. The first-order valence-corrected chi connectivity index (χ1v) is 9.23. The van der Waals surface area contributed by atoms with E-state index in [0.29, 0.717) is 6.42 Å². The Labute approximate surface area is 163 Å². The van der Waals surface area contributed by atoms with E-state index in [1.807, 2.05) is 6.92 Å². The maximum absolute atomic E-state index is 13.4. The summed E-state index contributed by atoms with van der Waals surface area (Å²) in [6, 6.07) is 1.65. The number of amides is 2. The standard InChI is InChI=1S/C20H28F2N2O4/c1-3-4-5-20(28)24-17(6-7-25)12-19(27)18(23-13(2)26)10-14-8-15(21)11-16(22)9-14/h4-5,8-9,11,17-19,25,27H,3,6-7,10,12H2,1-2H3,(H,23,26)(H,24,28)/b5-4+/t17?,18-,19-/m0/s1. The third-order valence-electron chi connectivity index (χ3n) is 4.09. The molecular weight excluding hydrogens is 370 g/mol. The zero-order chi connectivity index (χ0) is 21.1. The molecule has 3 atom stereocenters. The molecule has 1 unspecified atom stereocenters. The van der Waals surface area contributed by atoms with E-state index in [1.165, 1.54) is 13.0 Å². The minimum atomic E-state index is -1.11. The average Bonchev–Trinajstić information content (AvgIpc) is 2.58. The van der Waals surface area contributed by atoms with Crippen molar-refractivity contribution in [3.63, 3.8) is 0 Å². The topological polar surface area (TPSA) is 98.7 Å². The van der Waals surface area contributed by atoms with Gasteiger partial charge in [-0.2, -0.15) is 0 Å². The fraction of sp³-hybridized carbons (Fsp3) is 0.500. The zero-order valence-corrected chi connectivity index (χ0v) is 16.1. The molecule has 0 aliphatic heterocycles. The third kappa shape index (κ3) is 9.05. The van der Waals surface area contributed by atoms with Crippen molar-refractivity contribution in [2.75, 3.05) is 6.61 Å². The van der Waals surface area contributed by atoms with Crippen LogP contribution in [0.1, 0.15) is 38.7 Å². The fourth-order valence-electron chi connectivity index (χ4n) is 2.86. The van der Waals surface area contributed by atoms with Crippen LogP contribution in [0.25, 0.3) is 0 Å². The van der Waals surface area contributed by atoms with Gasteiger partial charge in [-0.25, -0.2) is 8.78 Å². The summed E-state index contributed by atoms with van der Waals surface area (Å²) in [6.07, 6.45) is 2.90. The van der Waals surface area contributed by atoms with Crippen LogP contribution in [0.2, 0.25) is 0 Å². The van der Waals surface area contributed by atoms with Gasteiger partial charge in [-0.05, 0) is 49.5 Å². The number of rotatable bonds is 11. The number of hydrogen-bond acceptors (Lipinski definition) is 4. The number of benzene rings is 1. The first-order valence-electron chi connectivity index (χ1n) is 9.23. The van der Waals surface area contributed by atoms with Gasteiger partial charge in [0.05, 0.1) is 12.1 Å². The van der Waals surface area contributed by atoms with E-state index in [2.05, 4.69) is 10.6 Å². The lowest BCUT2D eigenvalue weighted by molar-refractivity contribution is -0.121. The summed E-state index contributed by atoms with van der Waals surface area (Å²) in [6.45, 7) is 2.95. The molecule has 0 radical (unpaired) electrons. The molecule has 2 amide bonds. The molecule has 0 bridgehead atoms. The van der Waals surface area contributed by atoms with E-state index >= 15 is 0 Å². The Kier molecular flexibility index (Phi) is 10.3. The Bertz CT molecular complexity index is 662. The second-order valence-corrected chi connectivity index (χ2v) is 6.62. The first kappa shape index (κ1) is 23.7. The molecule has 8 heteroatoms. The number of nitrogens with one attached hydrogen (secondary N) is 2. The molecule has 156 valence electrons. The van der Waals surface area contributed by atoms with Gasteiger partial charge in [0.1, 0.15) is 11.6 Å². The van der Waals surface area contributed by atoms with Gasteiger partial charge in [0.15, 0.2) is 0 Å². The summed E-state index contributed by atoms with van der Waals surface area (Å²) in [5.74, 6) is -2.26. The zero-order valence-electron chi connectivity index (χ0n) is 16.1. The van der Waals surface area contributed by atoms with Crippen LogP contribution in [0.15, 0.2) is 30.4 Å². The number of aliphatic hydroxyl groups is 2. The lowest BCUT2D eigenvalue weighted by Gasteiger charge is -2.27. The van der Waals surface area contributed by atoms with Gasteiger partial charge < -0.3 is 20.8 Å². The van der Waals surface area contributed by atoms with E-state index in [9.17, 15) is 28.6 Å². The Hall–Kier alpha value is -2.32. The van der Waals surface area contributed by atoms with Crippen molar-refractivity contribution in [3.05, 3.63) is 47.5 Å². The highest BCUT2D eigenvalue weighted by Gasteiger charge is 2.25. The Morgan fingerprint density at radius 1 is 1.18 bits per heavy atom. The minimum absolute atomic E-state index is 0.00492. The van der Waals surface area contributed by atoms with Crippen LogP contribution in [0.5, 0.6) is 0 Å². The van der Waals surface area contributed by atoms with Crippen LogP contribution >= 0.6 is 0 Å². The number of carbonyl (C=O) groups is 2. The number of aliphatic hydroxyl groups excluding tert-OH is 2. The molecule has 1 aromatic rings. The van der Waals surface area contributed by atoms with E-state index in [0.717, 1.165) is 18.2 Å². The lowest BCUT2D eigenvalue weighted by atomic mass is 9.95. The number of carbonyl (C=O) groups excluding carboxylic acids is 2. The third-order valence-corrected chi connectivity index (χ3v) is 4.09. The van der Waals surface area contributed by atoms with Gasteiger partial charge in [0.2, 0.25) is 11.8 Å². The van der Waals surface area contributed by atoms with Crippen LogP contribution < -0.4 is 10.6 Å². The van der Waals surface area contributed by atoms with Crippen LogP contribution in [0.3, 0.4) is 0 Å². The number of hydrogen-bond donors (Lipinski definition) is 4. The number of halogens is 2. The lowest BCUT2D eigenvalue weighted by Crippen LogP contribution is -2.47. The van der Waals surface area contributed by atoms with Crippen molar-refractivity contribution in [3.8, 4) is 0 Å². The Balaban J connectivity index is 2.87. The van der Waals surface area contributed by atoms with Gasteiger partial charge in [0, 0.05) is 25.6 Å². The fourth-order valence-corrected chi connectivity index (χ4v) is 2.86. The largest absolute Gasteiger partial charge is 0.396 e. The molecule has 0 saturated heterocycles. The van der Waals surface area contributed by atoms with Crippen LogP contribution in [0.4, 0.5) is 8.78 Å². The van der Waals surface area contributed by atoms with Crippen LogP contribution in [-0.4, -0.2) is 46.8 Å². The van der Waals surface area contributed by atoms with E-state index < -0.39 is 35.7 Å². The van der Waals surface area contributed by atoms with Crippen molar-refractivity contribution in [2.45, 2.75) is 57.7 Å². The normalized spacial score (nSPS) is 14.5. The maximum atomic E-state index is 13.4. The van der Waals surface area contributed by atoms with Crippen molar-refractivity contribution >= 4 is 11.8 Å². The summed E-state index contributed by atoms with van der Waals surface area (Å²) in [5, 5.41) is 25.1. The molecule has 6 nitrogen and oxygen atoms in total. The van der Waals surface area contributed by atoms with Crippen LogP contribution in [0, 0.1) is 11.6 Å². The second kappa shape index (κ2) is 12.2. The summed E-state index contributed by atoms with van der Waals surface area (Å²) >= 11 is 0. The summed E-state index contributed by atoms with van der Waals surface area (Å²) in [7, 11) is 0. The summed E-state index contributed by atoms with van der Waals surface area (Å²) < 4.78 is 26.9. The predicted molar refractivity (Wildman–Crippen MR) is 101 cm³/mol. The van der Waals surface area contributed by atoms with Crippen molar-refractivity contribution in [1.82, 2.24) is 10.6 Å². The predicted octanol–water partition coefficient (Wildman–Crippen LogP) is 1.60. The average molecular weight is 398 g/mol. The van der Waals surface area contributed by atoms with Gasteiger partial charge in [0.25, 0.3) is 0 Å². The monoisotopic (exact) mass is 398 g/mol. The molecule has 0 aliphatic carbocycles. The molecule has 0 fully saturated rings. The maximum Gasteiger partial charge on any atom is 0.243 e. The molecule has 0 heterocycles. The van der Waals surface area contributed by atoms with E-state index in [4.69, 9.17) is 0 Å². The van der Waals surface area contributed by atoms with Crippen LogP contribution in [-0.2, 0) is 16.0 Å². The Morgan fingerprint density at radius 3 is 2.36 bits per heavy atom. The first-order chi connectivity index (χ1) is 13.2. The molecule has 1 aromatic carbocycles. The van der Waals surface area contributed by atoms with Gasteiger partial charge >= 0.3 is 0 Å². The highest BCUT2D eigenvalue weighted by Crippen LogP contribution is 2.15. The van der Waals surface area contributed by atoms with Gasteiger partial charge in [-0.3, -0.25) is 9.59 Å². The summed E-state index contributed by atoms with van der Waals surface area (Å²) in [5.41, 5.74) is 0.281. The highest BCUT2D eigenvalue weighted by atomic mass is 19.1. The minimum Gasteiger partial charge on any atom is -0.396 e. The molecule has 28 heavy (non-hydrogen) atoms. The van der Waals surface area contributed by atoms with Gasteiger partial charge in [-0.1, -0.05) is 13.0 Å². The van der Waals surface area contributed by atoms with E-state index in [-0.39, 0.29) is 37.3 Å². The second-order valence-electron chi connectivity index (χ2n) is 6.62. The molecule has 0 saturated carbocycles. The highest BCUT2D eigenvalue weighted by molar-refractivity contribution is 5.87. The smallest absolute Gasteiger partial charge is 0.243 e.